The number of nitrogens with one attached hydrogen (secondary N) is 4. The maximum atomic E-state index is 11.8. The van der Waals surface area contributed by atoms with Gasteiger partial charge >= 0.3 is 23.9 Å². The van der Waals surface area contributed by atoms with E-state index in [2.05, 4.69) is 21.3 Å². The van der Waals surface area contributed by atoms with Gasteiger partial charge in [0, 0.05) is 11.1 Å². The first kappa shape index (κ1) is 27.7. The Morgan fingerprint density at radius 3 is 1.18 bits per heavy atom. The van der Waals surface area contributed by atoms with Crippen LogP contribution in [0.15, 0.2) is 17.0 Å². The first-order valence-corrected chi connectivity index (χ1v) is 10.3. The number of carboxylic acid groups (broad SMARTS) is 4. The fourth-order valence-corrected chi connectivity index (χ4v) is 3.13. The summed E-state index contributed by atoms with van der Waals surface area (Å²) >= 11 is 0. The fourth-order valence-electron chi connectivity index (χ4n) is 2.58. The van der Waals surface area contributed by atoms with Crippen LogP contribution in [0.1, 0.15) is 23.5 Å². The molecule has 0 spiro atoms. The summed E-state index contributed by atoms with van der Waals surface area (Å²) in [5.41, 5.74) is -0.858. The standard InChI is InChI=1S/C16H22N4O12S/c21-10(22)3-17-15(18-4-11(23)24)8-1-7(33(30,31)32)2-9(14(8)29)16(19-5-12(25)26)20-6-13(27)28/h1-2,15-20,29H,3-6H2,(H,21,22)(H,23,24)(H,25,26)(H,27,28)(H,30,31,32). The van der Waals surface area contributed by atoms with Gasteiger partial charge in [-0.3, -0.25) is 45.0 Å². The van der Waals surface area contributed by atoms with E-state index in [1.807, 2.05) is 0 Å². The van der Waals surface area contributed by atoms with E-state index < -0.39 is 94.3 Å². The first-order valence-electron chi connectivity index (χ1n) is 8.87. The van der Waals surface area contributed by atoms with Gasteiger partial charge in [0.25, 0.3) is 10.1 Å². The Kier molecular flexibility index (Phi) is 10.1. The average molecular weight is 494 g/mol. The minimum atomic E-state index is -4.94. The maximum absolute atomic E-state index is 11.8. The molecule has 0 aliphatic carbocycles. The van der Waals surface area contributed by atoms with Gasteiger partial charge in [-0.2, -0.15) is 8.42 Å². The molecule has 184 valence electrons. The lowest BCUT2D eigenvalue weighted by molar-refractivity contribution is -0.137. The van der Waals surface area contributed by atoms with Gasteiger partial charge in [-0.05, 0) is 12.1 Å². The van der Waals surface area contributed by atoms with Crippen molar-refractivity contribution in [2.45, 2.75) is 17.2 Å². The summed E-state index contributed by atoms with van der Waals surface area (Å²) in [6.45, 7) is -3.06. The molecule has 33 heavy (non-hydrogen) atoms. The van der Waals surface area contributed by atoms with Crippen LogP contribution in [0.2, 0.25) is 0 Å². The van der Waals surface area contributed by atoms with E-state index in [-0.39, 0.29) is 0 Å². The summed E-state index contributed by atoms with van der Waals surface area (Å²) in [7, 11) is -4.94. The number of rotatable bonds is 15. The molecule has 0 fully saturated rings. The van der Waals surface area contributed by atoms with Crippen molar-refractivity contribution in [1.29, 1.82) is 0 Å². The molecule has 0 heterocycles. The largest absolute Gasteiger partial charge is 0.507 e. The molecular weight excluding hydrogens is 472 g/mol. The van der Waals surface area contributed by atoms with E-state index in [1.54, 1.807) is 0 Å². The number of phenols is 1. The van der Waals surface area contributed by atoms with Crippen molar-refractivity contribution in [2.24, 2.45) is 0 Å². The number of hydrogen-bond donors (Lipinski definition) is 10. The number of carbonyl (C=O) groups is 4. The summed E-state index contributed by atoms with van der Waals surface area (Å²) in [6.07, 6.45) is -2.95. The van der Waals surface area contributed by atoms with E-state index in [0.29, 0.717) is 0 Å². The molecule has 0 aliphatic rings. The molecule has 0 saturated carbocycles. The molecule has 0 unspecified atom stereocenters. The third-order valence-corrected chi connectivity index (χ3v) is 4.72. The van der Waals surface area contributed by atoms with Gasteiger partial charge in [0.2, 0.25) is 0 Å². The van der Waals surface area contributed by atoms with Crippen LogP contribution in [0.5, 0.6) is 5.75 Å². The zero-order chi connectivity index (χ0) is 25.3. The van der Waals surface area contributed by atoms with Crippen molar-refractivity contribution < 1.29 is 57.7 Å². The van der Waals surface area contributed by atoms with Gasteiger partial charge < -0.3 is 25.5 Å². The Morgan fingerprint density at radius 1 is 0.697 bits per heavy atom. The summed E-state index contributed by atoms with van der Waals surface area (Å²) in [5.74, 6) is -6.30. The van der Waals surface area contributed by atoms with Gasteiger partial charge in [0.05, 0.1) is 43.4 Å². The Bertz CT molecular complexity index is 916. The van der Waals surface area contributed by atoms with E-state index in [9.17, 15) is 37.3 Å². The first-order chi connectivity index (χ1) is 15.2. The SMILES string of the molecule is O=C(O)CNC(NCC(=O)O)c1cc(S(=O)(=O)O)cc(C(NCC(=O)O)NCC(=O)O)c1O. The summed E-state index contributed by atoms with van der Waals surface area (Å²) in [4.78, 5) is 42.9. The van der Waals surface area contributed by atoms with Crippen molar-refractivity contribution in [3.8, 4) is 5.75 Å². The molecular formula is C16H22N4O12S. The smallest absolute Gasteiger partial charge is 0.317 e. The lowest BCUT2D eigenvalue weighted by atomic mass is 10.0. The van der Waals surface area contributed by atoms with Crippen LogP contribution in [0.4, 0.5) is 0 Å². The van der Waals surface area contributed by atoms with E-state index in [0.717, 1.165) is 12.1 Å². The molecule has 0 bridgehead atoms. The lowest BCUT2D eigenvalue weighted by Gasteiger charge is -2.25. The quantitative estimate of drug-likeness (QED) is 0.0879. The molecule has 0 radical (unpaired) electrons. The highest BCUT2D eigenvalue weighted by Crippen LogP contribution is 2.33. The average Bonchev–Trinajstić information content (AvgIpc) is 2.67. The van der Waals surface area contributed by atoms with Crippen molar-refractivity contribution in [2.75, 3.05) is 26.2 Å². The third kappa shape index (κ3) is 9.35. The van der Waals surface area contributed by atoms with Crippen molar-refractivity contribution in [1.82, 2.24) is 21.3 Å². The molecule has 10 N–H and O–H groups in total. The van der Waals surface area contributed by atoms with Crippen LogP contribution in [0, 0.1) is 0 Å². The van der Waals surface area contributed by atoms with Crippen LogP contribution < -0.4 is 21.3 Å². The molecule has 0 saturated heterocycles. The van der Waals surface area contributed by atoms with E-state index >= 15 is 0 Å². The number of phenolic OH excluding ortho intramolecular Hbond substituents is 1. The summed E-state index contributed by atoms with van der Waals surface area (Å²) < 4.78 is 33.0. The minimum Gasteiger partial charge on any atom is -0.507 e. The molecule has 1 aromatic rings. The minimum absolute atomic E-state index is 0.429. The lowest BCUT2D eigenvalue weighted by Crippen LogP contribution is -2.41. The number of benzene rings is 1. The predicted octanol–water partition coefficient (Wildman–Crippen LogP) is -2.67. The van der Waals surface area contributed by atoms with E-state index in [4.69, 9.17) is 20.4 Å². The highest BCUT2D eigenvalue weighted by atomic mass is 32.2. The van der Waals surface area contributed by atoms with Gasteiger partial charge in [0.15, 0.2) is 0 Å². The number of aromatic hydroxyl groups is 1. The number of aliphatic carboxylic acids is 4. The van der Waals surface area contributed by atoms with Crippen LogP contribution in [-0.2, 0) is 29.3 Å². The van der Waals surface area contributed by atoms with Crippen molar-refractivity contribution >= 4 is 34.0 Å². The van der Waals surface area contributed by atoms with E-state index in [1.165, 1.54) is 0 Å². The Balaban J connectivity index is 3.64. The third-order valence-electron chi connectivity index (χ3n) is 3.89. The molecule has 0 aromatic heterocycles. The zero-order valence-electron chi connectivity index (χ0n) is 16.7. The monoisotopic (exact) mass is 494 g/mol. The molecule has 17 heteroatoms. The molecule has 0 aliphatic heterocycles. The normalized spacial score (nSPS) is 11.6. The summed E-state index contributed by atoms with van der Waals surface area (Å²) in [5, 5.41) is 55.7. The Morgan fingerprint density at radius 2 is 0.970 bits per heavy atom. The van der Waals surface area contributed by atoms with Gasteiger partial charge in [-0.1, -0.05) is 0 Å². The summed E-state index contributed by atoms with van der Waals surface area (Å²) in [6, 6.07) is 1.46. The van der Waals surface area contributed by atoms with Gasteiger partial charge in [0.1, 0.15) is 5.75 Å². The molecule has 0 amide bonds. The second kappa shape index (κ2) is 12.0. The molecule has 1 rings (SSSR count). The van der Waals surface area contributed by atoms with Crippen LogP contribution >= 0.6 is 0 Å². The van der Waals surface area contributed by atoms with Gasteiger partial charge in [-0.25, -0.2) is 0 Å². The second-order valence-electron chi connectivity index (χ2n) is 6.39. The molecule has 1 aromatic carbocycles. The molecule has 0 atom stereocenters. The maximum Gasteiger partial charge on any atom is 0.317 e. The van der Waals surface area contributed by atoms with Crippen molar-refractivity contribution in [3.63, 3.8) is 0 Å². The highest BCUT2D eigenvalue weighted by molar-refractivity contribution is 7.85. The zero-order valence-corrected chi connectivity index (χ0v) is 17.5. The van der Waals surface area contributed by atoms with Crippen LogP contribution in [0.3, 0.4) is 0 Å². The van der Waals surface area contributed by atoms with Crippen LogP contribution in [-0.4, -0.2) is 88.6 Å². The predicted molar refractivity (Wildman–Crippen MR) is 106 cm³/mol. The molecule has 16 nitrogen and oxygen atoms in total. The Labute approximate surface area is 186 Å². The highest BCUT2D eigenvalue weighted by Gasteiger charge is 2.27. The topological polar surface area (TPSA) is 272 Å². The van der Waals surface area contributed by atoms with Gasteiger partial charge in [-0.15, -0.1) is 0 Å². The fraction of sp³-hybridized carbons (Fsp3) is 0.375. The van der Waals surface area contributed by atoms with Crippen LogP contribution in [0.25, 0.3) is 0 Å². The number of carboxylic acids is 4. The second-order valence-corrected chi connectivity index (χ2v) is 7.81. The number of hydrogen-bond acceptors (Lipinski definition) is 11. The van der Waals surface area contributed by atoms with Crippen molar-refractivity contribution in [3.05, 3.63) is 23.3 Å². The Hall–Kier alpha value is -3.35.